The molecule has 0 aromatic heterocycles. The Morgan fingerprint density at radius 3 is 2.38 bits per heavy atom. The molecule has 2 rings (SSSR count). The van der Waals surface area contributed by atoms with E-state index in [1.165, 1.54) is 12.8 Å². The van der Waals surface area contributed by atoms with Crippen molar-refractivity contribution in [2.24, 2.45) is 0 Å². The predicted octanol–water partition coefficient (Wildman–Crippen LogP) is 0.620. The lowest BCUT2D eigenvalue weighted by atomic mass is 9.86. The highest BCUT2D eigenvalue weighted by molar-refractivity contribution is 4.89. The van der Waals surface area contributed by atoms with E-state index < -0.39 is 0 Å². The third-order valence-electron chi connectivity index (χ3n) is 3.42. The van der Waals surface area contributed by atoms with Gasteiger partial charge in [-0.3, -0.25) is 4.90 Å². The van der Waals surface area contributed by atoms with Crippen LogP contribution >= 0.6 is 0 Å². The van der Waals surface area contributed by atoms with Crippen molar-refractivity contribution in [2.75, 3.05) is 20.2 Å². The summed E-state index contributed by atoms with van der Waals surface area (Å²) in [5.74, 6) is 0. The van der Waals surface area contributed by atoms with Gasteiger partial charge in [0.05, 0.1) is 12.2 Å². The molecule has 1 aliphatic carbocycles. The van der Waals surface area contributed by atoms with E-state index >= 15 is 0 Å². The minimum absolute atomic E-state index is 0.0467. The lowest BCUT2D eigenvalue weighted by Gasteiger charge is -2.44. The Kier molecular flexibility index (Phi) is 2.86. The lowest BCUT2D eigenvalue weighted by Crippen LogP contribution is -2.51. The highest BCUT2D eigenvalue weighted by atomic mass is 16.5. The first-order chi connectivity index (χ1) is 6.29. The topological polar surface area (TPSA) is 32.7 Å². The Morgan fingerprint density at radius 1 is 1.23 bits per heavy atom. The smallest absolute Gasteiger partial charge is 0.0601 e. The van der Waals surface area contributed by atoms with Crippen LogP contribution in [0.25, 0.3) is 0 Å². The van der Waals surface area contributed by atoms with Crippen LogP contribution < -0.4 is 0 Å². The van der Waals surface area contributed by atoms with E-state index in [0.29, 0.717) is 6.10 Å². The van der Waals surface area contributed by atoms with Crippen LogP contribution in [0, 0.1) is 0 Å². The highest BCUT2D eigenvalue weighted by Gasteiger charge is 2.34. The molecule has 0 aromatic carbocycles. The van der Waals surface area contributed by atoms with Crippen LogP contribution in [0.15, 0.2) is 0 Å². The molecule has 0 spiro atoms. The molecule has 1 heterocycles. The van der Waals surface area contributed by atoms with Crippen LogP contribution in [0.1, 0.15) is 25.7 Å². The molecule has 0 atom stereocenters. The van der Waals surface area contributed by atoms with Gasteiger partial charge in [0.2, 0.25) is 0 Å². The SMILES string of the molecule is CO[C@H]1C[C@H](N2CCC(O)CC2)C1. The summed E-state index contributed by atoms with van der Waals surface area (Å²) >= 11 is 0. The number of aliphatic hydroxyl groups excluding tert-OH is 1. The summed E-state index contributed by atoms with van der Waals surface area (Å²) < 4.78 is 5.25. The maximum atomic E-state index is 9.35. The van der Waals surface area contributed by atoms with E-state index in [1.54, 1.807) is 7.11 Å². The summed E-state index contributed by atoms with van der Waals surface area (Å²) in [6, 6.07) is 0.734. The third kappa shape index (κ3) is 2.03. The fraction of sp³-hybridized carbons (Fsp3) is 1.00. The summed E-state index contributed by atoms with van der Waals surface area (Å²) in [5.41, 5.74) is 0. The maximum Gasteiger partial charge on any atom is 0.0601 e. The molecule has 1 N–H and O–H groups in total. The monoisotopic (exact) mass is 185 g/mol. The van der Waals surface area contributed by atoms with E-state index in [2.05, 4.69) is 4.90 Å². The Labute approximate surface area is 79.7 Å². The van der Waals surface area contributed by atoms with Gasteiger partial charge in [-0.1, -0.05) is 0 Å². The molecule has 0 aromatic rings. The molecule has 0 unspecified atom stereocenters. The fourth-order valence-electron chi connectivity index (χ4n) is 2.28. The van der Waals surface area contributed by atoms with E-state index in [9.17, 15) is 5.11 Å². The van der Waals surface area contributed by atoms with Crippen molar-refractivity contribution in [2.45, 2.75) is 43.9 Å². The van der Waals surface area contributed by atoms with Gasteiger partial charge in [0.25, 0.3) is 0 Å². The summed E-state index contributed by atoms with van der Waals surface area (Å²) in [6.45, 7) is 2.14. The van der Waals surface area contributed by atoms with Crippen molar-refractivity contribution < 1.29 is 9.84 Å². The third-order valence-corrected chi connectivity index (χ3v) is 3.42. The van der Waals surface area contributed by atoms with Crippen LogP contribution in [0.5, 0.6) is 0 Å². The summed E-state index contributed by atoms with van der Waals surface area (Å²) in [4.78, 5) is 2.50. The fourth-order valence-corrected chi connectivity index (χ4v) is 2.28. The van der Waals surface area contributed by atoms with E-state index in [1.807, 2.05) is 0 Å². The minimum Gasteiger partial charge on any atom is -0.393 e. The van der Waals surface area contributed by atoms with Gasteiger partial charge in [-0.25, -0.2) is 0 Å². The van der Waals surface area contributed by atoms with Gasteiger partial charge in [0.1, 0.15) is 0 Å². The van der Waals surface area contributed by atoms with Crippen molar-refractivity contribution in [3.8, 4) is 0 Å². The minimum atomic E-state index is -0.0467. The summed E-state index contributed by atoms with van der Waals surface area (Å²) in [6.07, 6.45) is 4.73. The summed E-state index contributed by atoms with van der Waals surface area (Å²) in [7, 11) is 1.79. The summed E-state index contributed by atoms with van der Waals surface area (Å²) in [5, 5.41) is 9.35. The van der Waals surface area contributed by atoms with Crippen LogP contribution in [-0.2, 0) is 4.74 Å². The Hall–Kier alpha value is -0.120. The molecule has 76 valence electrons. The van der Waals surface area contributed by atoms with Gasteiger partial charge < -0.3 is 9.84 Å². The maximum absolute atomic E-state index is 9.35. The number of likely N-dealkylation sites (tertiary alicyclic amines) is 1. The van der Waals surface area contributed by atoms with Crippen molar-refractivity contribution in [1.29, 1.82) is 0 Å². The molecule has 0 amide bonds. The quantitative estimate of drug-likeness (QED) is 0.684. The predicted molar refractivity (Wildman–Crippen MR) is 50.6 cm³/mol. The zero-order valence-electron chi connectivity index (χ0n) is 8.28. The van der Waals surface area contributed by atoms with Crippen molar-refractivity contribution >= 4 is 0 Å². The Balaban J connectivity index is 1.71. The molecule has 1 saturated carbocycles. The average molecular weight is 185 g/mol. The second kappa shape index (κ2) is 3.95. The number of nitrogens with zero attached hydrogens (tertiary/aromatic N) is 1. The highest BCUT2D eigenvalue weighted by Crippen LogP contribution is 2.29. The number of aliphatic hydroxyl groups is 1. The van der Waals surface area contributed by atoms with Crippen LogP contribution in [-0.4, -0.2) is 48.5 Å². The molecule has 1 saturated heterocycles. The molecule has 3 heteroatoms. The molecule has 1 aliphatic heterocycles. The number of piperidine rings is 1. The number of ether oxygens (including phenoxy) is 1. The first-order valence-electron chi connectivity index (χ1n) is 5.24. The lowest BCUT2D eigenvalue weighted by molar-refractivity contribution is -0.0437. The zero-order valence-corrected chi connectivity index (χ0v) is 8.28. The molecule has 2 fully saturated rings. The molecule has 3 nitrogen and oxygen atoms in total. The van der Waals surface area contributed by atoms with Crippen LogP contribution in [0.2, 0.25) is 0 Å². The number of rotatable bonds is 2. The first kappa shape index (κ1) is 9.44. The molecule has 13 heavy (non-hydrogen) atoms. The van der Waals surface area contributed by atoms with Gasteiger partial charge in [-0.15, -0.1) is 0 Å². The van der Waals surface area contributed by atoms with Crippen LogP contribution in [0.3, 0.4) is 0 Å². The number of hydrogen-bond donors (Lipinski definition) is 1. The average Bonchev–Trinajstić information content (AvgIpc) is 2.06. The van der Waals surface area contributed by atoms with Crippen LogP contribution in [0.4, 0.5) is 0 Å². The number of methoxy groups -OCH3 is 1. The molecule has 0 bridgehead atoms. The van der Waals surface area contributed by atoms with Gasteiger partial charge >= 0.3 is 0 Å². The van der Waals surface area contributed by atoms with Crippen molar-refractivity contribution in [3.05, 3.63) is 0 Å². The van der Waals surface area contributed by atoms with Gasteiger partial charge in [0.15, 0.2) is 0 Å². The molecular weight excluding hydrogens is 166 g/mol. The van der Waals surface area contributed by atoms with Gasteiger partial charge in [-0.05, 0) is 25.7 Å². The van der Waals surface area contributed by atoms with Gasteiger partial charge in [-0.2, -0.15) is 0 Å². The molecule has 2 aliphatic rings. The largest absolute Gasteiger partial charge is 0.393 e. The van der Waals surface area contributed by atoms with E-state index in [0.717, 1.165) is 32.0 Å². The van der Waals surface area contributed by atoms with Crippen molar-refractivity contribution in [3.63, 3.8) is 0 Å². The second-order valence-electron chi connectivity index (χ2n) is 4.25. The standard InChI is InChI=1S/C10H19NO2/c1-13-10-6-8(7-10)11-4-2-9(12)3-5-11/h8-10,12H,2-7H2,1H3/t8-,10-. The van der Waals surface area contributed by atoms with E-state index in [4.69, 9.17) is 4.74 Å². The van der Waals surface area contributed by atoms with E-state index in [-0.39, 0.29) is 6.10 Å². The molecular formula is C10H19NO2. The zero-order chi connectivity index (χ0) is 9.26. The first-order valence-corrected chi connectivity index (χ1v) is 5.24. The molecule has 0 radical (unpaired) electrons. The van der Waals surface area contributed by atoms with Gasteiger partial charge in [0, 0.05) is 26.2 Å². The Bertz CT molecular complexity index is 160. The second-order valence-corrected chi connectivity index (χ2v) is 4.25. The Morgan fingerprint density at radius 2 is 1.85 bits per heavy atom. The number of hydrogen-bond acceptors (Lipinski definition) is 3. The van der Waals surface area contributed by atoms with Crippen molar-refractivity contribution in [1.82, 2.24) is 4.90 Å². The normalized spacial score (nSPS) is 37.4.